The predicted molar refractivity (Wildman–Crippen MR) is 128 cm³/mol. The molecule has 7 nitrogen and oxygen atoms in total. The van der Waals surface area contributed by atoms with E-state index >= 15 is 0 Å². The number of rotatable bonds is 5. The molecule has 0 saturated carbocycles. The van der Waals surface area contributed by atoms with Gasteiger partial charge in [0.15, 0.2) is 6.39 Å². The van der Waals surface area contributed by atoms with Gasteiger partial charge in [-0.1, -0.05) is 42.5 Å². The van der Waals surface area contributed by atoms with E-state index in [1.54, 1.807) is 13.3 Å². The normalized spacial score (nSPS) is 14.3. The number of oxazole rings is 1. The van der Waals surface area contributed by atoms with Crippen LogP contribution in [-0.4, -0.2) is 32.4 Å². The zero-order valence-electron chi connectivity index (χ0n) is 18.7. The number of aromatic nitrogens is 4. The molecule has 3 heterocycles. The Morgan fingerprint density at radius 3 is 2.65 bits per heavy atom. The van der Waals surface area contributed by atoms with E-state index in [4.69, 9.17) is 4.42 Å². The van der Waals surface area contributed by atoms with Crippen molar-refractivity contribution < 1.29 is 9.21 Å². The van der Waals surface area contributed by atoms with Crippen LogP contribution in [0, 0.1) is 6.92 Å². The van der Waals surface area contributed by atoms with Crippen molar-refractivity contribution >= 4 is 16.9 Å². The van der Waals surface area contributed by atoms with E-state index in [9.17, 15) is 4.79 Å². The number of H-pyrrole nitrogens is 1. The molecule has 1 aliphatic rings. The standard InChI is InChI=1S/C27H23N5O2/c1-17-24(34-16-32-17)26(33)29-14-27(12-19-5-2-3-6-20(19)13-27)21-8-4-7-18(11-21)23-22-9-10-28-25(22)31-15-30-23/h2-11,15-16H,12-14H2,1H3,(H,29,33)(H,28,30,31). The molecule has 0 fully saturated rings. The number of aromatic amines is 1. The average Bonchev–Trinajstić information content (AvgIpc) is 3.60. The smallest absolute Gasteiger partial charge is 0.289 e. The highest BCUT2D eigenvalue weighted by atomic mass is 16.3. The first-order valence-corrected chi connectivity index (χ1v) is 11.3. The lowest BCUT2D eigenvalue weighted by molar-refractivity contribution is 0.0914. The first-order chi connectivity index (χ1) is 16.6. The van der Waals surface area contributed by atoms with E-state index in [1.165, 1.54) is 17.5 Å². The second-order valence-electron chi connectivity index (χ2n) is 8.90. The molecular formula is C27H23N5O2. The fourth-order valence-corrected chi connectivity index (χ4v) is 5.07. The van der Waals surface area contributed by atoms with E-state index in [0.29, 0.717) is 12.2 Å². The summed E-state index contributed by atoms with van der Waals surface area (Å²) >= 11 is 0. The number of carbonyl (C=O) groups excluding carboxylic acids is 1. The molecule has 0 saturated heterocycles. The fourth-order valence-electron chi connectivity index (χ4n) is 5.07. The minimum Gasteiger partial charge on any atom is -0.438 e. The van der Waals surface area contributed by atoms with Gasteiger partial charge >= 0.3 is 0 Å². The first-order valence-electron chi connectivity index (χ1n) is 11.3. The van der Waals surface area contributed by atoms with E-state index in [1.807, 2.05) is 12.3 Å². The number of hydrogen-bond donors (Lipinski definition) is 2. The molecule has 168 valence electrons. The van der Waals surface area contributed by atoms with Crippen LogP contribution in [0.1, 0.15) is 32.9 Å². The maximum absolute atomic E-state index is 12.9. The van der Waals surface area contributed by atoms with Crippen LogP contribution in [0.15, 0.2) is 77.9 Å². The molecule has 0 bridgehead atoms. The Labute approximate surface area is 196 Å². The number of amides is 1. The number of fused-ring (bicyclic) bond motifs is 2. The zero-order valence-corrected chi connectivity index (χ0v) is 18.7. The van der Waals surface area contributed by atoms with Crippen LogP contribution in [0.25, 0.3) is 22.3 Å². The number of benzene rings is 2. The van der Waals surface area contributed by atoms with Crippen LogP contribution < -0.4 is 5.32 Å². The Balaban J connectivity index is 1.39. The molecule has 5 aromatic rings. The quantitative estimate of drug-likeness (QED) is 0.415. The minimum absolute atomic E-state index is 0.244. The van der Waals surface area contributed by atoms with Gasteiger partial charge in [-0.05, 0) is 48.6 Å². The summed E-state index contributed by atoms with van der Waals surface area (Å²) < 4.78 is 5.31. The summed E-state index contributed by atoms with van der Waals surface area (Å²) in [5.41, 5.74) is 6.82. The summed E-state index contributed by atoms with van der Waals surface area (Å²) in [5, 5.41) is 4.11. The molecule has 0 spiro atoms. The van der Waals surface area contributed by atoms with Gasteiger partial charge in [-0.15, -0.1) is 0 Å². The largest absolute Gasteiger partial charge is 0.438 e. The van der Waals surface area contributed by atoms with Crippen molar-refractivity contribution in [3.63, 3.8) is 0 Å². The molecule has 2 aromatic carbocycles. The third kappa shape index (κ3) is 3.37. The van der Waals surface area contributed by atoms with Crippen LogP contribution in [0.5, 0.6) is 0 Å². The van der Waals surface area contributed by atoms with E-state index in [0.717, 1.165) is 40.7 Å². The third-order valence-electron chi connectivity index (χ3n) is 6.82. The van der Waals surface area contributed by atoms with Crippen molar-refractivity contribution in [1.29, 1.82) is 0 Å². The lowest BCUT2D eigenvalue weighted by atomic mass is 9.77. The summed E-state index contributed by atoms with van der Waals surface area (Å²) in [4.78, 5) is 29.0. The van der Waals surface area contributed by atoms with Gasteiger partial charge in [0.1, 0.15) is 12.0 Å². The molecule has 0 atom stereocenters. The van der Waals surface area contributed by atoms with Crippen molar-refractivity contribution in [2.75, 3.05) is 6.54 Å². The van der Waals surface area contributed by atoms with Crippen molar-refractivity contribution in [3.8, 4) is 11.3 Å². The van der Waals surface area contributed by atoms with Gasteiger partial charge in [0, 0.05) is 29.1 Å². The second-order valence-corrected chi connectivity index (χ2v) is 8.90. The lowest BCUT2D eigenvalue weighted by Gasteiger charge is -2.30. The highest BCUT2D eigenvalue weighted by Crippen LogP contribution is 2.41. The Kier molecular flexibility index (Phi) is 4.76. The number of hydrogen-bond acceptors (Lipinski definition) is 5. The van der Waals surface area contributed by atoms with Crippen LogP contribution in [-0.2, 0) is 18.3 Å². The average molecular weight is 450 g/mol. The summed E-state index contributed by atoms with van der Waals surface area (Å²) in [6.07, 6.45) is 6.44. The topological polar surface area (TPSA) is 96.7 Å². The highest BCUT2D eigenvalue weighted by Gasteiger charge is 2.39. The van der Waals surface area contributed by atoms with Gasteiger partial charge < -0.3 is 14.7 Å². The van der Waals surface area contributed by atoms with Gasteiger partial charge in [0.2, 0.25) is 5.76 Å². The number of aryl methyl sites for hydroxylation is 1. The number of carbonyl (C=O) groups is 1. The lowest BCUT2D eigenvalue weighted by Crippen LogP contribution is -2.41. The Morgan fingerprint density at radius 2 is 1.88 bits per heavy atom. The summed E-state index contributed by atoms with van der Waals surface area (Å²) in [5.74, 6) is 0.0153. The number of nitrogens with zero attached hydrogens (tertiary/aromatic N) is 3. The second kappa shape index (κ2) is 7.95. The molecule has 1 aliphatic carbocycles. The van der Waals surface area contributed by atoms with Crippen LogP contribution >= 0.6 is 0 Å². The molecule has 7 heteroatoms. The maximum Gasteiger partial charge on any atom is 0.289 e. The first kappa shape index (κ1) is 20.4. The van der Waals surface area contributed by atoms with Crippen LogP contribution in [0.2, 0.25) is 0 Å². The van der Waals surface area contributed by atoms with Crippen LogP contribution in [0.3, 0.4) is 0 Å². The Hall–Kier alpha value is -4.26. The molecule has 1 amide bonds. The molecule has 34 heavy (non-hydrogen) atoms. The van der Waals surface area contributed by atoms with Crippen LogP contribution in [0.4, 0.5) is 0 Å². The van der Waals surface area contributed by atoms with Crippen molar-refractivity contribution in [2.24, 2.45) is 0 Å². The summed E-state index contributed by atoms with van der Waals surface area (Å²) in [6, 6.07) is 19.0. The monoisotopic (exact) mass is 449 g/mol. The zero-order chi connectivity index (χ0) is 23.1. The van der Waals surface area contributed by atoms with E-state index < -0.39 is 0 Å². The van der Waals surface area contributed by atoms with Gasteiger partial charge in [0.05, 0.1) is 11.4 Å². The van der Waals surface area contributed by atoms with Gasteiger partial charge in [-0.3, -0.25) is 4.79 Å². The van der Waals surface area contributed by atoms with E-state index in [-0.39, 0.29) is 17.1 Å². The predicted octanol–water partition coefficient (Wildman–Crippen LogP) is 4.39. The molecule has 0 unspecified atom stereocenters. The minimum atomic E-state index is -0.284. The summed E-state index contributed by atoms with van der Waals surface area (Å²) in [6.45, 7) is 2.25. The SMILES string of the molecule is Cc1ncoc1C(=O)NCC1(c2cccc(-c3ncnc4[nH]ccc34)c2)Cc2ccccc2C1. The van der Waals surface area contributed by atoms with Gasteiger partial charge in [-0.2, -0.15) is 0 Å². The van der Waals surface area contributed by atoms with Gasteiger partial charge in [0.25, 0.3) is 5.91 Å². The highest BCUT2D eigenvalue weighted by molar-refractivity contribution is 5.92. The Bertz CT molecular complexity index is 1490. The molecule has 3 aromatic heterocycles. The summed E-state index contributed by atoms with van der Waals surface area (Å²) in [7, 11) is 0. The van der Waals surface area contributed by atoms with Crippen molar-refractivity contribution in [1.82, 2.24) is 25.3 Å². The van der Waals surface area contributed by atoms with Gasteiger partial charge in [-0.25, -0.2) is 15.0 Å². The molecular weight excluding hydrogens is 426 g/mol. The Morgan fingerprint density at radius 1 is 1.06 bits per heavy atom. The maximum atomic E-state index is 12.9. The van der Waals surface area contributed by atoms with Crippen molar-refractivity contribution in [2.45, 2.75) is 25.2 Å². The van der Waals surface area contributed by atoms with E-state index in [2.05, 4.69) is 73.8 Å². The van der Waals surface area contributed by atoms with Crippen molar-refractivity contribution in [3.05, 3.63) is 102 Å². The fraction of sp³-hybridized carbons (Fsp3) is 0.185. The molecule has 0 aliphatic heterocycles. The molecule has 0 radical (unpaired) electrons. The molecule has 2 N–H and O–H groups in total. The number of nitrogens with one attached hydrogen (secondary N) is 2. The molecule has 6 rings (SSSR count). The third-order valence-corrected chi connectivity index (χ3v) is 6.82.